The number of aliphatic hydroxyl groups is 3. The number of carbonyl (C=O) groups is 5. The van der Waals surface area contributed by atoms with Gasteiger partial charge in [0.2, 0.25) is 0 Å². The summed E-state index contributed by atoms with van der Waals surface area (Å²) >= 11 is 7.58. The Morgan fingerprint density at radius 2 is 0.629 bits per heavy atom. The lowest BCUT2D eigenvalue weighted by Gasteiger charge is -2.18. The zero-order chi connectivity index (χ0) is 104. The van der Waals surface area contributed by atoms with Crippen LogP contribution in [0.2, 0.25) is 0 Å². The zero-order valence-electron chi connectivity index (χ0n) is 81.6. The van der Waals surface area contributed by atoms with Gasteiger partial charge in [-0.3, -0.25) is 14.3 Å². The van der Waals surface area contributed by atoms with E-state index in [2.05, 4.69) is 47.2 Å². The van der Waals surface area contributed by atoms with Crippen molar-refractivity contribution < 1.29 is 154 Å². The van der Waals surface area contributed by atoms with Gasteiger partial charge in [0.1, 0.15) is 40.2 Å². The van der Waals surface area contributed by atoms with Gasteiger partial charge in [0.15, 0.2) is 25.7 Å². The average molecular weight is 2060 g/mol. The highest BCUT2D eigenvalue weighted by Crippen LogP contribution is 2.37. The van der Waals surface area contributed by atoms with Crippen LogP contribution in [0.25, 0.3) is 0 Å². The summed E-state index contributed by atoms with van der Waals surface area (Å²) in [4.78, 5) is 59.2. The first-order valence-electron chi connectivity index (χ1n) is 46.6. The maximum atomic E-state index is 12.8. The number of esters is 4. The normalized spacial score (nSPS) is 11.6. The summed E-state index contributed by atoms with van der Waals surface area (Å²) in [6, 6.07) is 34.8. The molecule has 3 atom stereocenters. The number of phenols is 1. The number of benzene rings is 7. The second-order valence-corrected chi connectivity index (χ2v) is 34.6. The number of thiol groups is 1. The lowest BCUT2D eigenvalue weighted by molar-refractivity contribution is -0.162. The summed E-state index contributed by atoms with van der Waals surface area (Å²) in [6.07, 6.45) is 3.25. The number of halogens is 13. The van der Waals surface area contributed by atoms with Gasteiger partial charge in [0, 0.05) is 69.7 Å². The van der Waals surface area contributed by atoms with E-state index in [0.717, 1.165) is 213 Å². The van der Waals surface area contributed by atoms with Crippen molar-refractivity contribution in [1.82, 2.24) is 0 Å². The van der Waals surface area contributed by atoms with Crippen LogP contribution in [0.15, 0.2) is 166 Å². The number of phenolic OH excluding ortho intramolecular Hbond substituents is 1. The highest BCUT2D eigenvalue weighted by Gasteiger charge is 2.34. The molecule has 7 aromatic rings. The van der Waals surface area contributed by atoms with Crippen molar-refractivity contribution in [2.45, 2.75) is 258 Å². The monoisotopic (exact) mass is 2060 g/mol. The smallest absolute Gasteiger partial charge is 0.416 e. The maximum absolute atomic E-state index is 12.8. The minimum Gasteiger partial charge on any atom is -0.508 e. The number of carbonyl (C=O) groups excluding carboxylic acids is 4. The SMILES string of the molecule is C.CCCCCC(C(=O)OCC)C(=O)OCC.CCCCCC(CO)CO.CCCCCC(CO)COc1ccc(C(F)(F)F)cc1.CCCCCC(COc1ccc(C(F)(F)F)cc1)CSc1ccc(OCC(=O)O)c(C)c1.CCCCCC(COc1ccc(C(F)(F)F)cc1)CSc1ccc(OCC(=O)OCC)c(C)c1.CCOC(=O)COc1ccc(S)cc1C.F.Oc1ccc(C(F)(F)F)cc1. The fourth-order valence-electron chi connectivity index (χ4n) is 12.3. The van der Waals surface area contributed by atoms with Crippen molar-refractivity contribution in [1.29, 1.82) is 0 Å². The van der Waals surface area contributed by atoms with Crippen molar-refractivity contribution in [2.75, 3.05) is 97.4 Å². The molecule has 0 bridgehead atoms. The number of alkyl halides is 12. The summed E-state index contributed by atoms with van der Waals surface area (Å²) in [6.45, 7) is 25.5. The molecule has 0 amide bonds. The van der Waals surface area contributed by atoms with Gasteiger partial charge in [0.25, 0.3) is 0 Å². The molecule has 0 saturated carbocycles. The predicted molar refractivity (Wildman–Crippen MR) is 525 cm³/mol. The topological polar surface area (TPSA) is 279 Å². The first-order chi connectivity index (χ1) is 65.5. The summed E-state index contributed by atoms with van der Waals surface area (Å²) in [5.41, 5.74) is -0.0720. The molecule has 0 aliphatic rings. The van der Waals surface area contributed by atoms with E-state index in [0.29, 0.717) is 87.2 Å². The molecule has 0 heterocycles. The van der Waals surface area contributed by atoms with E-state index in [1.165, 1.54) is 49.2 Å². The van der Waals surface area contributed by atoms with Crippen LogP contribution in [0.4, 0.5) is 57.4 Å². The lowest BCUT2D eigenvalue weighted by Crippen LogP contribution is -2.28. The molecular weight excluding hydrogens is 1910 g/mol. The van der Waals surface area contributed by atoms with E-state index in [1.807, 2.05) is 63.2 Å². The second kappa shape index (κ2) is 76.2. The highest BCUT2D eigenvalue weighted by molar-refractivity contribution is 7.99. The van der Waals surface area contributed by atoms with E-state index in [4.69, 9.17) is 67.8 Å². The molecule has 0 aromatic heterocycles. The third kappa shape index (κ3) is 61.4. The highest BCUT2D eigenvalue weighted by atomic mass is 32.2. The Labute approximate surface area is 831 Å². The Kier molecular flexibility index (Phi) is 72.2. The molecule has 5 N–H and O–H groups in total. The Bertz CT molecular complexity index is 4390. The van der Waals surface area contributed by atoms with Crippen molar-refractivity contribution in [3.05, 3.63) is 191 Å². The number of aliphatic hydroxyl groups excluding tert-OH is 3. The van der Waals surface area contributed by atoms with Crippen LogP contribution < -0.4 is 28.4 Å². The van der Waals surface area contributed by atoms with Gasteiger partial charge in [-0.05, 0) is 249 Å². The van der Waals surface area contributed by atoms with Crippen molar-refractivity contribution in [2.24, 2.45) is 29.6 Å². The van der Waals surface area contributed by atoms with Crippen LogP contribution >= 0.6 is 36.2 Å². The Balaban J connectivity index is 0. The quantitative estimate of drug-likeness (QED) is 0.00393. The van der Waals surface area contributed by atoms with Crippen molar-refractivity contribution in [3.63, 3.8) is 0 Å². The molecule has 20 nitrogen and oxygen atoms in total. The molecule has 7 rings (SSSR count). The fourth-order valence-corrected chi connectivity index (χ4v) is 14.8. The Hall–Kier alpha value is -9.49. The van der Waals surface area contributed by atoms with Gasteiger partial charge in [-0.2, -0.15) is 52.7 Å². The van der Waals surface area contributed by atoms with Crippen LogP contribution in [0.5, 0.6) is 40.2 Å². The summed E-state index contributed by atoms with van der Waals surface area (Å²) in [5, 5.41) is 44.0. The molecule has 0 fully saturated rings. The van der Waals surface area contributed by atoms with Gasteiger partial charge >= 0.3 is 54.6 Å². The van der Waals surface area contributed by atoms with Gasteiger partial charge in [-0.15, -0.1) is 36.2 Å². The largest absolute Gasteiger partial charge is 0.508 e. The summed E-state index contributed by atoms with van der Waals surface area (Å²) in [5.74, 6) is 1.81. The number of rotatable bonds is 53. The van der Waals surface area contributed by atoms with Crippen LogP contribution in [0.3, 0.4) is 0 Å². The van der Waals surface area contributed by atoms with E-state index < -0.39 is 76.8 Å². The number of thioether (sulfide) groups is 2. The van der Waals surface area contributed by atoms with E-state index in [1.54, 1.807) is 63.4 Å². The summed E-state index contributed by atoms with van der Waals surface area (Å²) < 4.78 is 202. The van der Waals surface area contributed by atoms with E-state index in [-0.39, 0.29) is 87.2 Å². The number of carboxylic acids is 1. The van der Waals surface area contributed by atoms with Crippen LogP contribution in [-0.4, -0.2) is 153 Å². The molecule has 0 spiro atoms. The fraction of sp³-hybridized carbons (Fsp3) is 0.548. The number of hydrogen-bond acceptors (Lipinski definition) is 22. The first-order valence-corrected chi connectivity index (χ1v) is 49.0. The minimum absolute atomic E-state index is 0. The summed E-state index contributed by atoms with van der Waals surface area (Å²) in [7, 11) is 0. The third-order valence-electron chi connectivity index (χ3n) is 20.1. The molecule has 0 saturated heterocycles. The predicted octanol–water partition coefficient (Wildman–Crippen LogP) is 27.3. The van der Waals surface area contributed by atoms with Gasteiger partial charge in [-0.25, -0.2) is 14.4 Å². The lowest BCUT2D eigenvalue weighted by atomic mass is 10.0. The molecule has 0 aliphatic carbocycles. The molecule has 36 heteroatoms. The second-order valence-electron chi connectivity index (χ2n) is 31.9. The third-order valence-corrected chi connectivity index (χ3v) is 22.9. The molecule has 0 aliphatic heterocycles. The zero-order valence-corrected chi connectivity index (χ0v) is 84.2. The van der Waals surface area contributed by atoms with Crippen molar-refractivity contribution >= 4 is 66.0 Å². The Morgan fingerprint density at radius 1 is 0.350 bits per heavy atom. The molecular formula is C104H147F13O20S3. The first kappa shape index (κ1) is 133. The number of aromatic hydroxyl groups is 1. The van der Waals surface area contributed by atoms with E-state index in [9.17, 15) is 81.8 Å². The standard InChI is InChI=1S/C26H33F3O4S.C24H29F3O4S.C15H21F3O2.C12H22O4.C11H14O3S.C8H18O2.C7H5F3O.CH4.FH/c1-4-6-7-8-20(16-32-22-11-9-21(10-12-22)26(27,28)29)18-34-23-13-14-24(19(3)15-23)33-17-25(30)31-5-2;1-3-4-5-6-18(14-30-20-9-7-19(8-10-20)24(25,26)27)16-32-21-11-12-22(17(2)13-21)31-15-23(28)29;1-2-3-4-5-12(10-19)11-20-14-8-6-13(7-9-14)15(16,17)18;1-4-7-8-9-10(11(13)15-5-2)12(14)16-6-3;1-3-13-11(12)7-14-10-5-4-9(15)6-8(10)2;1-2-3-4-5-8(6-9)7-10;8-7(9,10)5-1-3-6(11)4-2-5;;/h9-15,20H,4-8,16-18H2,1-3H3;7-13,18H,3-6,14-16H2,1-2H3,(H,28,29);6-9,12,19H,2-5,10-11H2,1H3;10H,4-9H2,1-3H3;4-6,15H,3,7H2,1-2H3;8-10H,2-7H2,1H3;1-4,11H;1H4;1H. The van der Waals surface area contributed by atoms with Crippen LogP contribution in [0, 0.1) is 50.4 Å². The average Bonchev–Trinajstić information content (AvgIpc) is 0.786. The van der Waals surface area contributed by atoms with Crippen LogP contribution in [-0.2, 0) is 67.6 Å². The molecule has 7 aromatic carbocycles. The number of aliphatic carboxylic acids is 1. The molecule has 0 radical (unpaired) electrons. The van der Waals surface area contributed by atoms with Gasteiger partial charge in [-0.1, -0.05) is 138 Å². The number of aryl methyl sites for hydroxylation is 3. The minimum atomic E-state index is -4.36. The van der Waals surface area contributed by atoms with Gasteiger partial charge < -0.3 is 72.9 Å². The maximum Gasteiger partial charge on any atom is 0.416 e. The number of ether oxygens (including phenoxy) is 10. The number of carboxylic acid groups (broad SMARTS) is 1. The molecule has 140 heavy (non-hydrogen) atoms. The Morgan fingerprint density at radius 3 is 0.914 bits per heavy atom. The van der Waals surface area contributed by atoms with Gasteiger partial charge in [0.05, 0.1) is 68.5 Å². The molecule has 792 valence electrons. The number of unbranched alkanes of at least 4 members (excludes halogenated alkanes) is 10. The van der Waals surface area contributed by atoms with E-state index >= 15 is 0 Å². The van der Waals surface area contributed by atoms with Crippen molar-refractivity contribution in [3.8, 4) is 40.2 Å². The molecule has 3 unspecified atom stereocenters. The van der Waals surface area contributed by atoms with Crippen LogP contribution in [0.1, 0.15) is 237 Å². The number of hydrogen-bond donors (Lipinski definition) is 6.